The zero-order chi connectivity index (χ0) is 15.9. The quantitative estimate of drug-likeness (QED) is 0.649. The first-order valence-electron chi connectivity index (χ1n) is 6.36. The van der Waals surface area contributed by atoms with Crippen LogP contribution in [-0.4, -0.2) is 30.7 Å². The molecule has 1 aromatic rings. The normalized spacial score (nSPS) is 12.6. The molecule has 0 saturated heterocycles. The molecule has 0 radical (unpaired) electrons. The Morgan fingerprint density at radius 1 is 1.24 bits per heavy atom. The summed E-state index contributed by atoms with van der Waals surface area (Å²) in [6, 6.07) is 5.69. The van der Waals surface area contributed by atoms with Gasteiger partial charge in [0.1, 0.15) is 6.04 Å². The van der Waals surface area contributed by atoms with Gasteiger partial charge in [0.05, 0.1) is 6.61 Å². The van der Waals surface area contributed by atoms with Crippen LogP contribution >= 0.6 is 0 Å². The van der Waals surface area contributed by atoms with Crippen molar-refractivity contribution >= 4 is 11.9 Å². The zero-order valence-corrected chi connectivity index (χ0v) is 11.4. The number of benzene rings is 1. The van der Waals surface area contributed by atoms with Crippen molar-refractivity contribution < 1.29 is 27.5 Å². The lowest BCUT2D eigenvalue weighted by atomic mass is 10.1. The molecule has 4 nitrogen and oxygen atoms in total. The maximum atomic E-state index is 12.9. The summed E-state index contributed by atoms with van der Waals surface area (Å²) >= 11 is 0. The number of hydrogen-bond acceptors (Lipinski definition) is 3. The summed E-state index contributed by atoms with van der Waals surface area (Å²) in [6.07, 6.45) is -4.89. The van der Waals surface area contributed by atoms with E-state index >= 15 is 0 Å². The summed E-state index contributed by atoms with van der Waals surface area (Å²) in [6.45, 7) is 1.07. The highest BCUT2D eigenvalue weighted by Gasteiger charge is 2.40. The summed E-state index contributed by atoms with van der Waals surface area (Å²) in [4.78, 5) is 22.3. The van der Waals surface area contributed by atoms with E-state index in [1.54, 1.807) is 18.2 Å². The molecule has 1 rings (SSSR count). The predicted molar refractivity (Wildman–Crippen MR) is 69.6 cm³/mol. The summed E-state index contributed by atoms with van der Waals surface area (Å²) in [7, 11) is 0. The highest BCUT2D eigenvalue weighted by molar-refractivity contribution is 5.94. The Labute approximate surface area is 120 Å². The molecule has 1 N–H and O–H groups in total. The fourth-order valence-corrected chi connectivity index (χ4v) is 1.65. The first-order valence-corrected chi connectivity index (χ1v) is 6.36. The Morgan fingerprint density at radius 2 is 1.86 bits per heavy atom. The van der Waals surface area contributed by atoms with Crippen LogP contribution in [0.1, 0.15) is 30.1 Å². The number of amides is 1. The largest absolute Gasteiger partial charge is 0.466 e. The van der Waals surface area contributed by atoms with E-state index in [4.69, 9.17) is 0 Å². The van der Waals surface area contributed by atoms with E-state index in [0.29, 0.717) is 0 Å². The van der Waals surface area contributed by atoms with Crippen LogP contribution in [-0.2, 0) is 9.53 Å². The summed E-state index contributed by atoms with van der Waals surface area (Å²) < 4.78 is 43.2. The molecule has 1 amide bonds. The number of esters is 1. The van der Waals surface area contributed by atoms with Gasteiger partial charge in [0.25, 0.3) is 5.91 Å². The standard InChI is InChI=1S/C14H16F3NO3/c1-10(19)21-9-5-8-12(14(15,16)17)18-13(20)11-6-3-2-4-7-11/h2-4,6-7,12H,5,8-9H2,1H3,(H,18,20). The smallest absolute Gasteiger partial charge is 0.408 e. The van der Waals surface area contributed by atoms with Crippen LogP contribution in [0.3, 0.4) is 0 Å². The van der Waals surface area contributed by atoms with Gasteiger partial charge in [-0.2, -0.15) is 13.2 Å². The van der Waals surface area contributed by atoms with E-state index in [2.05, 4.69) is 4.74 Å². The van der Waals surface area contributed by atoms with Gasteiger partial charge in [-0.3, -0.25) is 9.59 Å². The third-order valence-corrected chi connectivity index (χ3v) is 2.68. The highest BCUT2D eigenvalue weighted by atomic mass is 19.4. The lowest BCUT2D eigenvalue weighted by molar-refractivity contribution is -0.156. The lowest BCUT2D eigenvalue weighted by Gasteiger charge is -2.21. The van der Waals surface area contributed by atoms with Crippen molar-refractivity contribution in [2.75, 3.05) is 6.61 Å². The van der Waals surface area contributed by atoms with Gasteiger partial charge in [-0.15, -0.1) is 0 Å². The second-order valence-corrected chi connectivity index (χ2v) is 4.42. The molecule has 116 valence electrons. The Morgan fingerprint density at radius 3 is 2.38 bits per heavy atom. The van der Waals surface area contributed by atoms with E-state index in [0.717, 1.165) is 0 Å². The number of ether oxygens (including phenoxy) is 1. The number of alkyl halides is 3. The molecule has 0 heterocycles. The van der Waals surface area contributed by atoms with Crippen LogP contribution in [0.4, 0.5) is 13.2 Å². The topological polar surface area (TPSA) is 55.4 Å². The number of nitrogens with one attached hydrogen (secondary N) is 1. The molecule has 0 aliphatic rings. The molecule has 0 aliphatic carbocycles. The van der Waals surface area contributed by atoms with Crippen LogP contribution in [0.2, 0.25) is 0 Å². The van der Waals surface area contributed by atoms with Crippen LogP contribution < -0.4 is 5.32 Å². The SMILES string of the molecule is CC(=O)OCCCC(NC(=O)c1ccccc1)C(F)(F)F. The summed E-state index contributed by atoms with van der Waals surface area (Å²) in [5, 5.41) is 1.96. The molecule has 7 heteroatoms. The minimum absolute atomic E-state index is 0.0127. The Hall–Kier alpha value is -2.05. The third kappa shape index (κ3) is 6.29. The average Bonchev–Trinajstić information content (AvgIpc) is 2.41. The lowest BCUT2D eigenvalue weighted by Crippen LogP contribution is -2.45. The van der Waals surface area contributed by atoms with Crippen molar-refractivity contribution in [3.8, 4) is 0 Å². The van der Waals surface area contributed by atoms with Gasteiger partial charge in [-0.25, -0.2) is 0 Å². The average molecular weight is 303 g/mol. The molecular weight excluding hydrogens is 287 g/mol. The van der Waals surface area contributed by atoms with Crippen molar-refractivity contribution in [1.29, 1.82) is 0 Å². The summed E-state index contributed by atoms with van der Waals surface area (Å²) in [5.41, 5.74) is 0.159. The Kier molecular flexibility index (Phi) is 6.20. The first-order chi connectivity index (χ1) is 9.80. The predicted octanol–water partition coefficient (Wildman–Crippen LogP) is 2.69. The fourth-order valence-electron chi connectivity index (χ4n) is 1.65. The van der Waals surface area contributed by atoms with Gasteiger partial charge in [0.15, 0.2) is 0 Å². The van der Waals surface area contributed by atoms with Crippen LogP contribution in [0.5, 0.6) is 0 Å². The first kappa shape index (κ1) is 17.0. The molecule has 1 aromatic carbocycles. The van der Waals surface area contributed by atoms with Crippen LogP contribution in [0.15, 0.2) is 30.3 Å². The van der Waals surface area contributed by atoms with Gasteiger partial charge >= 0.3 is 12.1 Å². The molecule has 0 aliphatic heterocycles. The molecule has 21 heavy (non-hydrogen) atoms. The monoisotopic (exact) mass is 303 g/mol. The van der Waals surface area contributed by atoms with Gasteiger partial charge in [0, 0.05) is 12.5 Å². The van der Waals surface area contributed by atoms with E-state index in [1.165, 1.54) is 19.1 Å². The van der Waals surface area contributed by atoms with Gasteiger partial charge in [-0.05, 0) is 25.0 Å². The Balaban J connectivity index is 2.58. The molecular formula is C14H16F3NO3. The number of halogens is 3. The van der Waals surface area contributed by atoms with Crippen LogP contribution in [0.25, 0.3) is 0 Å². The molecule has 0 bridgehead atoms. The second kappa shape index (κ2) is 7.66. The minimum Gasteiger partial charge on any atom is -0.466 e. The minimum atomic E-state index is -4.55. The third-order valence-electron chi connectivity index (χ3n) is 2.68. The molecule has 0 saturated carbocycles. The molecule has 0 fully saturated rings. The summed E-state index contributed by atoms with van der Waals surface area (Å²) in [5.74, 6) is -1.34. The van der Waals surface area contributed by atoms with Crippen molar-refractivity contribution in [2.24, 2.45) is 0 Å². The van der Waals surface area contributed by atoms with E-state index in [-0.39, 0.29) is 25.0 Å². The molecule has 0 spiro atoms. The maximum Gasteiger partial charge on any atom is 0.408 e. The number of rotatable bonds is 6. The van der Waals surface area contributed by atoms with Gasteiger partial charge in [0.2, 0.25) is 0 Å². The van der Waals surface area contributed by atoms with E-state index in [9.17, 15) is 22.8 Å². The van der Waals surface area contributed by atoms with Crippen molar-refractivity contribution in [1.82, 2.24) is 5.32 Å². The van der Waals surface area contributed by atoms with E-state index < -0.39 is 24.1 Å². The van der Waals surface area contributed by atoms with Crippen molar-refractivity contribution in [2.45, 2.75) is 32.0 Å². The maximum absolute atomic E-state index is 12.9. The highest BCUT2D eigenvalue weighted by Crippen LogP contribution is 2.24. The number of carbonyl (C=O) groups is 2. The Bertz CT molecular complexity index is 474. The van der Waals surface area contributed by atoms with E-state index in [1.807, 2.05) is 5.32 Å². The van der Waals surface area contributed by atoms with Gasteiger partial charge < -0.3 is 10.1 Å². The van der Waals surface area contributed by atoms with Crippen molar-refractivity contribution in [3.05, 3.63) is 35.9 Å². The number of hydrogen-bond donors (Lipinski definition) is 1. The van der Waals surface area contributed by atoms with Crippen molar-refractivity contribution in [3.63, 3.8) is 0 Å². The van der Waals surface area contributed by atoms with Gasteiger partial charge in [-0.1, -0.05) is 18.2 Å². The number of carbonyl (C=O) groups excluding carboxylic acids is 2. The van der Waals surface area contributed by atoms with Crippen LogP contribution in [0, 0.1) is 0 Å². The second-order valence-electron chi connectivity index (χ2n) is 4.42. The molecule has 0 aromatic heterocycles. The fraction of sp³-hybridized carbons (Fsp3) is 0.429. The molecule has 1 atom stereocenters. The zero-order valence-electron chi connectivity index (χ0n) is 11.4. The molecule has 1 unspecified atom stereocenters.